The first kappa shape index (κ1) is 40.1. The van der Waals surface area contributed by atoms with Gasteiger partial charge in [-0.3, -0.25) is 14.5 Å². The van der Waals surface area contributed by atoms with Crippen molar-refractivity contribution in [2.24, 2.45) is 0 Å². The molecule has 5 aromatic rings. The van der Waals surface area contributed by atoms with E-state index in [2.05, 4.69) is 63.2 Å². The van der Waals surface area contributed by atoms with Gasteiger partial charge in [0.15, 0.2) is 0 Å². The third-order valence-electron chi connectivity index (χ3n) is 11.0. The average molecular weight is 788 g/mol. The molecule has 2 heterocycles. The number of hydrogen-bond donors (Lipinski definition) is 1. The summed E-state index contributed by atoms with van der Waals surface area (Å²) in [4.78, 5) is 39.5. The van der Waals surface area contributed by atoms with Crippen molar-refractivity contribution in [3.8, 4) is 5.75 Å². The van der Waals surface area contributed by atoms with Gasteiger partial charge in [-0.25, -0.2) is 0 Å². The van der Waals surface area contributed by atoms with E-state index in [1.54, 1.807) is 29.2 Å². The van der Waals surface area contributed by atoms with Crippen LogP contribution in [-0.2, 0) is 35.3 Å². The largest absolute Gasteiger partial charge is 0.508 e. The number of halogens is 3. The first-order chi connectivity index (χ1) is 28.1. The summed E-state index contributed by atoms with van der Waals surface area (Å²) in [5.74, 6) is -0.535. The predicted molar refractivity (Wildman–Crippen MR) is 222 cm³/mol. The zero-order valence-electron chi connectivity index (χ0n) is 32.3. The van der Waals surface area contributed by atoms with Gasteiger partial charge in [-0.1, -0.05) is 84.9 Å². The quantitative estimate of drug-likeness (QED) is 0.131. The monoisotopic (exact) mass is 787 g/mol. The van der Waals surface area contributed by atoms with E-state index in [4.69, 9.17) is 0 Å². The van der Waals surface area contributed by atoms with Gasteiger partial charge in [0, 0.05) is 89.3 Å². The van der Waals surface area contributed by atoms with Crippen LogP contribution in [0.25, 0.3) is 6.08 Å². The Morgan fingerprint density at radius 3 is 1.78 bits per heavy atom. The first-order valence-corrected chi connectivity index (χ1v) is 19.7. The summed E-state index contributed by atoms with van der Waals surface area (Å²) in [5, 5.41) is 10.0. The van der Waals surface area contributed by atoms with E-state index in [9.17, 15) is 27.9 Å². The number of carbonyl (C=O) groups excluding carboxylic acids is 2. The molecule has 2 aliphatic rings. The Hall–Kier alpha value is -6.07. The van der Waals surface area contributed by atoms with Crippen molar-refractivity contribution in [1.82, 2.24) is 14.7 Å². The number of phenols is 1. The second kappa shape index (κ2) is 18.5. The number of nitrogens with zero attached hydrogens (tertiary/aromatic N) is 5. The maximum absolute atomic E-state index is 14.7. The molecule has 0 spiro atoms. The second-order valence-corrected chi connectivity index (χ2v) is 14.9. The molecule has 2 amide bonds. The normalized spacial score (nSPS) is 15.7. The van der Waals surface area contributed by atoms with E-state index in [1.807, 2.05) is 41.3 Å². The van der Waals surface area contributed by atoms with Crippen LogP contribution in [0.5, 0.6) is 5.75 Å². The number of carbonyl (C=O) groups is 2. The Kier molecular flexibility index (Phi) is 12.8. The highest BCUT2D eigenvalue weighted by Gasteiger charge is 2.34. The van der Waals surface area contributed by atoms with Crippen LogP contribution in [0, 0.1) is 0 Å². The third kappa shape index (κ3) is 10.5. The van der Waals surface area contributed by atoms with E-state index in [0.717, 1.165) is 61.7 Å². The minimum absolute atomic E-state index is 0.0927. The molecular formula is C47H48F3N5O3. The van der Waals surface area contributed by atoms with Crippen molar-refractivity contribution >= 4 is 29.3 Å². The van der Waals surface area contributed by atoms with Crippen LogP contribution in [-0.4, -0.2) is 90.0 Å². The summed E-state index contributed by atoms with van der Waals surface area (Å²) >= 11 is 0. The van der Waals surface area contributed by atoms with Crippen molar-refractivity contribution in [3.63, 3.8) is 0 Å². The van der Waals surface area contributed by atoms with Crippen LogP contribution in [0.4, 0.5) is 24.5 Å². The van der Waals surface area contributed by atoms with Gasteiger partial charge in [0.1, 0.15) is 11.8 Å². The minimum atomic E-state index is -4.48. The summed E-state index contributed by atoms with van der Waals surface area (Å²) < 4.78 is 39.8. The lowest BCUT2D eigenvalue weighted by atomic mass is 10.0. The zero-order chi connectivity index (χ0) is 40.5. The fourth-order valence-corrected chi connectivity index (χ4v) is 7.62. The van der Waals surface area contributed by atoms with E-state index in [-0.39, 0.29) is 24.6 Å². The number of benzene rings is 5. The lowest BCUT2D eigenvalue weighted by Crippen LogP contribution is -2.56. The molecule has 2 saturated heterocycles. The molecule has 0 saturated carbocycles. The number of piperazine rings is 2. The molecule has 11 heteroatoms. The van der Waals surface area contributed by atoms with Crippen LogP contribution in [0.2, 0.25) is 0 Å². The van der Waals surface area contributed by atoms with Gasteiger partial charge in [0.2, 0.25) is 11.8 Å². The van der Waals surface area contributed by atoms with E-state index < -0.39 is 23.7 Å². The van der Waals surface area contributed by atoms with Crippen molar-refractivity contribution in [1.29, 1.82) is 0 Å². The lowest BCUT2D eigenvalue weighted by Gasteiger charge is -2.39. The molecule has 7 rings (SSSR count). The van der Waals surface area contributed by atoms with Crippen molar-refractivity contribution in [2.75, 3.05) is 62.2 Å². The number of hydrogen-bond acceptors (Lipinski definition) is 6. The standard InChI is InChI=1S/C47H48F3N5O3/c48-47(49,50)40-18-11-36(12-19-40)17-24-45(57)55(35-39-13-20-42(21-14-39)53-31-29-52(30-32-53)41-9-5-2-6-10-41)44(33-37-15-22-43(56)23-16-37)46(58)54-27-25-51(26-28-54)34-38-7-3-1-4-8-38/h1-24,44,56H,25-35H2/t44-/m0/s1. The molecule has 0 radical (unpaired) electrons. The zero-order valence-corrected chi connectivity index (χ0v) is 32.3. The minimum Gasteiger partial charge on any atom is -0.508 e. The van der Waals surface area contributed by atoms with Gasteiger partial charge in [-0.2, -0.15) is 13.2 Å². The Bertz CT molecular complexity index is 2110. The molecule has 0 aliphatic carbocycles. The molecule has 5 aromatic carbocycles. The van der Waals surface area contributed by atoms with Crippen LogP contribution >= 0.6 is 0 Å². The number of para-hydroxylation sites is 1. The lowest BCUT2D eigenvalue weighted by molar-refractivity contribution is -0.145. The maximum Gasteiger partial charge on any atom is 0.416 e. The van der Waals surface area contributed by atoms with Gasteiger partial charge in [-0.15, -0.1) is 0 Å². The molecule has 8 nitrogen and oxygen atoms in total. The number of phenolic OH excluding ortho intramolecular Hbond substituents is 1. The van der Waals surface area contributed by atoms with E-state index >= 15 is 0 Å². The highest BCUT2D eigenvalue weighted by Crippen LogP contribution is 2.29. The van der Waals surface area contributed by atoms with E-state index in [0.29, 0.717) is 31.7 Å². The molecule has 0 aromatic heterocycles. The summed E-state index contributed by atoms with van der Waals surface area (Å²) in [6.07, 6.45) is -1.46. The Balaban J connectivity index is 1.13. The number of rotatable bonds is 12. The topological polar surface area (TPSA) is 70.6 Å². The van der Waals surface area contributed by atoms with Gasteiger partial charge >= 0.3 is 6.18 Å². The summed E-state index contributed by atoms with van der Waals surface area (Å²) in [7, 11) is 0. The fourth-order valence-electron chi connectivity index (χ4n) is 7.62. The van der Waals surface area contributed by atoms with Gasteiger partial charge in [0.05, 0.1) is 5.56 Å². The average Bonchev–Trinajstić information content (AvgIpc) is 3.25. The van der Waals surface area contributed by atoms with Crippen LogP contribution in [0.1, 0.15) is 27.8 Å². The fraction of sp³-hybridized carbons (Fsp3) is 0.277. The summed E-state index contributed by atoms with van der Waals surface area (Å²) in [5.41, 5.74) is 4.73. The van der Waals surface area contributed by atoms with Crippen molar-refractivity contribution in [3.05, 3.63) is 167 Å². The highest BCUT2D eigenvalue weighted by atomic mass is 19.4. The Morgan fingerprint density at radius 1 is 0.638 bits per heavy atom. The molecule has 1 N–H and O–H groups in total. The Labute approximate surface area is 338 Å². The molecule has 2 fully saturated rings. The third-order valence-corrected chi connectivity index (χ3v) is 11.0. The number of amides is 2. The SMILES string of the molecule is O=C([C@H](Cc1ccc(O)cc1)N(Cc1ccc(N2CCN(c3ccccc3)CC2)cc1)C(=O)C=Cc1ccc(C(F)(F)F)cc1)N1CCN(Cc2ccccc2)CC1. The summed E-state index contributed by atoms with van der Waals surface area (Å²) in [6.45, 7) is 6.73. The molecule has 1 atom stereocenters. The maximum atomic E-state index is 14.7. The second-order valence-electron chi connectivity index (χ2n) is 14.9. The van der Waals surface area contributed by atoms with E-state index in [1.165, 1.54) is 35.5 Å². The first-order valence-electron chi connectivity index (χ1n) is 19.7. The highest BCUT2D eigenvalue weighted by molar-refractivity contribution is 5.96. The number of alkyl halides is 3. The molecule has 0 unspecified atom stereocenters. The molecule has 300 valence electrons. The van der Waals surface area contributed by atoms with Crippen molar-refractivity contribution < 1.29 is 27.9 Å². The molecule has 0 bridgehead atoms. The van der Waals surface area contributed by atoms with Crippen LogP contribution in [0.3, 0.4) is 0 Å². The van der Waals surface area contributed by atoms with Gasteiger partial charge in [-0.05, 0) is 76.9 Å². The predicted octanol–water partition coefficient (Wildman–Crippen LogP) is 7.74. The Morgan fingerprint density at radius 2 is 1.19 bits per heavy atom. The molecule has 58 heavy (non-hydrogen) atoms. The summed E-state index contributed by atoms with van der Waals surface area (Å²) in [6, 6.07) is 39.0. The van der Waals surface area contributed by atoms with Crippen LogP contribution in [0.15, 0.2) is 140 Å². The van der Waals surface area contributed by atoms with Crippen LogP contribution < -0.4 is 9.80 Å². The molecule has 2 aliphatic heterocycles. The number of aromatic hydroxyl groups is 1. The van der Waals surface area contributed by atoms with Crippen molar-refractivity contribution in [2.45, 2.75) is 31.7 Å². The van der Waals surface area contributed by atoms with Gasteiger partial charge < -0.3 is 24.7 Å². The smallest absolute Gasteiger partial charge is 0.416 e. The van der Waals surface area contributed by atoms with Gasteiger partial charge in [0.25, 0.3) is 0 Å². The number of anilines is 2. The molecular weight excluding hydrogens is 740 g/mol.